The molecule has 0 amide bonds. The summed E-state index contributed by atoms with van der Waals surface area (Å²) in [5.74, 6) is 0. The molecular weight excluding hydrogens is 187 g/mol. The first-order valence-corrected chi connectivity index (χ1v) is 7.42. The highest BCUT2D eigenvalue weighted by Crippen LogP contribution is 2.16. The standard InChI is InChI=1S/C2H6Cl2S2Si/c3-7(4,1-5)2-6/h5-6H,1-2H2. The molecule has 0 aliphatic carbocycles. The molecule has 0 aromatic carbocycles. The normalized spacial score (nSPS) is 12.0. The second kappa shape index (κ2) is 3.51. The van der Waals surface area contributed by atoms with Crippen molar-refractivity contribution in [3.05, 3.63) is 0 Å². The van der Waals surface area contributed by atoms with Gasteiger partial charge in [-0.15, -0.1) is 22.2 Å². The van der Waals surface area contributed by atoms with Crippen molar-refractivity contribution in [1.29, 1.82) is 0 Å². The molecule has 0 unspecified atom stereocenters. The number of hydrogen-bond donors (Lipinski definition) is 2. The van der Waals surface area contributed by atoms with Crippen molar-refractivity contribution in [3.63, 3.8) is 0 Å². The molecule has 0 heterocycles. The lowest BCUT2D eigenvalue weighted by Crippen LogP contribution is -2.24. The van der Waals surface area contributed by atoms with E-state index in [0.717, 1.165) is 0 Å². The van der Waals surface area contributed by atoms with E-state index in [-0.39, 0.29) is 0 Å². The fraction of sp³-hybridized carbons (Fsp3) is 1.00. The zero-order valence-electron chi connectivity index (χ0n) is 3.56. The highest BCUT2D eigenvalue weighted by Gasteiger charge is 2.23. The predicted octanol–water partition coefficient (Wildman–Crippen LogP) is 1.84. The fourth-order valence-electron chi connectivity index (χ4n) is 0.0500. The monoisotopic (exact) mass is 192 g/mol. The van der Waals surface area contributed by atoms with E-state index in [9.17, 15) is 0 Å². The summed E-state index contributed by atoms with van der Waals surface area (Å²) in [7, 11) is 0. The first kappa shape index (κ1) is 8.50. The molecule has 0 rings (SSSR count). The summed E-state index contributed by atoms with van der Waals surface area (Å²) < 4.78 is 0. The predicted molar refractivity (Wildman–Crippen MR) is 45.2 cm³/mol. The van der Waals surface area contributed by atoms with E-state index in [2.05, 4.69) is 25.3 Å². The molecule has 0 aliphatic heterocycles. The Balaban J connectivity index is 3.36. The van der Waals surface area contributed by atoms with E-state index in [0.29, 0.717) is 10.8 Å². The van der Waals surface area contributed by atoms with E-state index in [1.807, 2.05) is 0 Å². The minimum atomic E-state index is -1.98. The molecule has 0 aromatic heterocycles. The van der Waals surface area contributed by atoms with Crippen molar-refractivity contribution >= 4 is 54.1 Å². The van der Waals surface area contributed by atoms with Gasteiger partial charge in [0.15, 0.2) is 0 Å². The van der Waals surface area contributed by atoms with Crippen molar-refractivity contribution in [2.24, 2.45) is 0 Å². The summed E-state index contributed by atoms with van der Waals surface area (Å²) in [6, 6.07) is 0. The van der Waals surface area contributed by atoms with Crippen molar-refractivity contribution in [1.82, 2.24) is 0 Å². The molecule has 0 aliphatic rings. The van der Waals surface area contributed by atoms with E-state index >= 15 is 0 Å². The van der Waals surface area contributed by atoms with Crippen LogP contribution in [0.2, 0.25) is 0 Å². The van der Waals surface area contributed by atoms with Crippen molar-refractivity contribution in [2.45, 2.75) is 0 Å². The third-order valence-electron chi connectivity index (χ3n) is 0.463. The Labute approximate surface area is 64.8 Å². The Hall–Kier alpha value is 1.50. The lowest BCUT2D eigenvalue weighted by molar-refractivity contribution is 1.97. The van der Waals surface area contributed by atoms with Crippen LogP contribution in [0.3, 0.4) is 0 Å². The maximum Gasteiger partial charge on any atom is 0.269 e. The van der Waals surface area contributed by atoms with Crippen molar-refractivity contribution in [2.75, 3.05) is 10.8 Å². The molecule has 0 bridgehead atoms. The van der Waals surface area contributed by atoms with Gasteiger partial charge in [-0.2, -0.15) is 25.3 Å². The number of thiol groups is 2. The van der Waals surface area contributed by atoms with Gasteiger partial charge in [-0.3, -0.25) is 0 Å². The maximum absolute atomic E-state index is 5.66. The number of rotatable bonds is 2. The first-order chi connectivity index (χ1) is 3.12. The van der Waals surface area contributed by atoms with Crippen LogP contribution in [0.15, 0.2) is 0 Å². The Morgan fingerprint density at radius 3 is 1.43 bits per heavy atom. The van der Waals surface area contributed by atoms with E-state index in [1.54, 1.807) is 0 Å². The zero-order valence-corrected chi connectivity index (χ0v) is 7.87. The van der Waals surface area contributed by atoms with Gasteiger partial charge in [0.05, 0.1) is 0 Å². The van der Waals surface area contributed by atoms with Crippen LogP contribution in [0, 0.1) is 0 Å². The molecule has 0 saturated carbocycles. The SMILES string of the molecule is SC[Si](Cl)(Cl)CS. The maximum atomic E-state index is 5.66. The molecule has 0 fully saturated rings. The summed E-state index contributed by atoms with van der Waals surface area (Å²) >= 11 is 19.2. The second-order valence-corrected chi connectivity index (χ2v) is 10.3. The highest BCUT2D eigenvalue weighted by molar-refractivity contribution is 7.89. The highest BCUT2D eigenvalue weighted by atomic mass is 35.7. The number of hydrogen-bond acceptors (Lipinski definition) is 2. The molecule has 0 N–H and O–H groups in total. The van der Waals surface area contributed by atoms with E-state index in [1.165, 1.54) is 0 Å². The molecule has 5 heteroatoms. The third kappa shape index (κ3) is 4.03. The van der Waals surface area contributed by atoms with Gasteiger partial charge < -0.3 is 0 Å². The van der Waals surface area contributed by atoms with Gasteiger partial charge in [-0.1, -0.05) is 0 Å². The van der Waals surface area contributed by atoms with Crippen LogP contribution in [0.4, 0.5) is 0 Å². The van der Waals surface area contributed by atoms with Crippen LogP contribution in [-0.2, 0) is 0 Å². The van der Waals surface area contributed by atoms with Gasteiger partial charge in [0.1, 0.15) is 0 Å². The average molecular weight is 193 g/mol. The largest absolute Gasteiger partial charge is 0.269 e. The van der Waals surface area contributed by atoms with Crippen molar-refractivity contribution in [3.8, 4) is 0 Å². The Morgan fingerprint density at radius 2 is 1.43 bits per heavy atom. The fourth-order valence-corrected chi connectivity index (χ4v) is 1.35. The van der Waals surface area contributed by atoms with Crippen LogP contribution in [-0.4, -0.2) is 17.4 Å². The van der Waals surface area contributed by atoms with Gasteiger partial charge in [0, 0.05) is 10.8 Å². The van der Waals surface area contributed by atoms with Gasteiger partial charge in [0.2, 0.25) is 0 Å². The van der Waals surface area contributed by atoms with Gasteiger partial charge in [0.25, 0.3) is 6.69 Å². The van der Waals surface area contributed by atoms with Gasteiger partial charge in [-0.25, -0.2) is 0 Å². The van der Waals surface area contributed by atoms with Crippen LogP contribution < -0.4 is 0 Å². The average Bonchev–Trinajstić information content (AvgIpc) is 1.68. The molecule has 0 nitrogen and oxygen atoms in total. The molecule has 44 valence electrons. The van der Waals surface area contributed by atoms with E-state index in [4.69, 9.17) is 22.2 Å². The lowest BCUT2D eigenvalue weighted by atomic mass is 11.8. The first-order valence-electron chi connectivity index (χ1n) is 1.72. The minimum absolute atomic E-state index is 0.583. The summed E-state index contributed by atoms with van der Waals surface area (Å²) in [6.45, 7) is -1.98. The Morgan fingerprint density at radius 1 is 1.14 bits per heavy atom. The summed E-state index contributed by atoms with van der Waals surface area (Å²) in [5.41, 5.74) is 0. The molecule has 0 saturated heterocycles. The smallest absolute Gasteiger partial charge is 0.180 e. The molecule has 0 atom stereocenters. The molecule has 0 aromatic rings. The summed E-state index contributed by atoms with van der Waals surface area (Å²) in [6.07, 6.45) is 0. The van der Waals surface area contributed by atoms with Crippen LogP contribution >= 0.6 is 47.4 Å². The molecule has 7 heavy (non-hydrogen) atoms. The Kier molecular flexibility index (Phi) is 4.26. The molecular formula is C2H6Cl2S2Si. The van der Waals surface area contributed by atoms with Crippen LogP contribution in [0.5, 0.6) is 0 Å². The molecule has 0 spiro atoms. The van der Waals surface area contributed by atoms with E-state index < -0.39 is 6.69 Å². The van der Waals surface area contributed by atoms with Gasteiger partial charge >= 0.3 is 0 Å². The second-order valence-electron chi connectivity index (χ2n) is 1.17. The minimum Gasteiger partial charge on any atom is -0.180 e. The van der Waals surface area contributed by atoms with Gasteiger partial charge in [-0.05, 0) is 0 Å². The third-order valence-corrected chi connectivity index (χ3v) is 8.47. The van der Waals surface area contributed by atoms with Crippen LogP contribution in [0.25, 0.3) is 0 Å². The zero-order chi connectivity index (χ0) is 5.91. The Bertz CT molecular complexity index is 51.7. The quantitative estimate of drug-likeness (QED) is 0.373. The summed E-state index contributed by atoms with van der Waals surface area (Å²) in [4.78, 5) is 0. The summed E-state index contributed by atoms with van der Waals surface area (Å²) in [5, 5.41) is 1.17. The lowest BCUT2D eigenvalue weighted by Gasteiger charge is -2.06. The molecule has 0 radical (unpaired) electrons. The van der Waals surface area contributed by atoms with Crippen LogP contribution in [0.1, 0.15) is 0 Å². The number of halogens is 2. The van der Waals surface area contributed by atoms with Crippen molar-refractivity contribution < 1.29 is 0 Å². The topological polar surface area (TPSA) is 0 Å².